The van der Waals surface area contributed by atoms with Gasteiger partial charge in [0.05, 0.1) is 12.4 Å². The quantitative estimate of drug-likeness (QED) is 0.0626. The first-order valence-corrected chi connectivity index (χ1v) is 11.9. The third-order valence-electron chi connectivity index (χ3n) is 4.37. The molecule has 34 heavy (non-hydrogen) atoms. The van der Waals surface area contributed by atoms with Crippen LogP contribution in [0.4, 0.5) is 5.13 Å². The summed E-state index contributed by atoms with van der Waals surface area (Å²) in [4.78, 5) is 33.6. The first-order valence-electron chi connectivity index (χ1n) is 9.60. The van der Waals surface area contributed by atoms with E-state index in [1.807, 2.05) is 0 Å². The molecule has 1 aliphatic rings. The van der Waals surface area contributed by atoms with E-state index in [1.54, 1.807) is 24.3 Å². The zero-order valence-electron chi connectivity index (χ0n) is 17.5. The lowest BCUT2D eigenvalue weighted by Gasteiger charge is -2.35. The van der Waals surface area contributed by atoms with E-state index in [0.29, 0.717) is 12.2 Å². The number of nitrogens with one attached hydrogen (secondary N) is 2. The van der Waals surface area contributed by atoms with Crippen molar-refractivity contribution in [1.82, 2.24) is 14.6 Å². The number of ether oxygens (including phenoxy) is 1. The number of thiazole rings is 1. The number of hydrogen-bond acceptors (Lipinski definition) is 11. The summed E-state index contributed by atoms with van der Waals surface area (Å²) in [5.74, 6) is -1.23. The van der Waals surface area contributed by atoms with Crippen molar-refractivity contribution in [2.24, 2.45) is 10.9 Å². The molecule has 0 saturated carbocycles. The lowest BCUT2D eigenvalue weighted by Crippen LogP contribution is -2.65. The van der Waals surface area contributed by atoms with Crippen LogP contribution < -0.4 is 21.5 Å². The maximum atomic E-state index is 12.6. The van der Waals surface area contributed by atoms with Gasteiger partial charge in [0.15, 0.2) is 17.5 Å². The van der Waals surface area contributed by atoms with Crippen molar-refractivity contribution in [3.05, 3.63) is 40.9 Å². The fraction of sp³-hybridized carbons (Fsp3) is 0.278. The number of β-lactam (4-membered cyclic amide) rings is 1. The standard InChI is InChI=1S/C18H21N7O7S2/c19-14(20)7-10-1-3-11(4-2-10)31-5-6-32-24-15(13-9-33-18(21)23-13)16(26)22-12-8-25(17(12)27)34(28,29)30/h1-4,9,12H,5-8H2,(H3,19,20)(H2,21,23)(H,22,26)(H,28,29,30)/b24-15-/t12-/m0/s1. The van der Waals surface area contributed by atoms with Crippen LogP contribution in [0.25, 0.3) is 0 Å². The number of nitrogens with zero attached hydrogens (tertiary/aromatic N) is 3. The highest BCUT2D eigenvalue weighted by molar-refractivity contribution is 7.84. The van der Waals surface area contributed by atoms with Crippen molar-refractivity contribution < 1.29 is 32.1 Å². The Morgan fingerprint density at radius 2 is 2.06 bits per heavy atom. The molecule has 182 valence electrons. The van der Waals surface area contributed by atoms with Crippen molar-refractivity contribution >= 4 is 50.1 Å². The molecule has 14 nitrogen and oxygen atoms in total. The third-order valence-corrected chi connectivity index (χ3v) is 5.93. The van der Waals surface area contributed by atoms with Gasteiger partial charge in [-0.3, -0.25) is 19.6 Å². The van der Waals surface area contributed by atoms with Gasteiger partial charge in [0.1, 0.15) is 24.1 Å². The van der Waals surface area contributed by atoms with Crippen molar-refractivity contribution in [2.75, 3.05) is 25.5 Å². The van der Waals surface area contributed by atoms with Crippen LogP contribution in [-0.4, -0.2) is 71.4 Å². The molecule has 3 rings (SSSR count). The fourth-order valence-electron chi connectivity index (χ4n) is 2.77. The van der Waals surface area contributed by atoms with Crippen LogP contribution in [0.2, 0.25) is 0 Å². The molecular weight excluding hydrogens is 490 g/mol. The number of amides is 2. The van der Waals surface area contributed by atoms with Gasteiger partial charge in [-0.1, -0.05) is 17.3 Å². The van der Waals surface area contributed by atoms with E-state index in [2.05, 4.69) is 15.5 Å². The van der Waals surface area contributed by atoms with Crippen LogP contribution in [-0.2, 0) is 31.2 Å². The molecule has 0 spiro atoms. The van der Waals surface area contributed by atoms with E-state index in [4.69, 9.17) is 31.0 Å². The fourth-order valence-corrected chi connectivity index (χ4v) is 4.01. The first-order chi connectivity index (χ1) is 16.0. The zero-order chi connectivity index (χ0) is 24.9. The molecule has 7 N–H and O–H groups in total. The Hall–Kier alpha value is -3.76. The molecule has 1 aromatic carbocycles. The lowest BCUT2D eigenvalue weighted by molar-refractivity contribution is -0.139. The molecular formula is C18H21N7O7S2. The molecule has 2 amide bonds. The monoisotopic (exact) mass is 511 g/mol. The predicted molar refractivity (Wildman–Crippen MR) is 122 cm³/mol. The van der Waals surface area contributed by atoms with Gasteiger partial charge in [-0.25, -0.2) is 9.29 Å². The number of aromatic nitrogens is 1. The molecule has 1 atom stereocenters. The van der Waals surface area contributed by atoms with Gasteiger partial charge in [-0.05, 0) is 17.7 Å². The summed E-state index contributed by atoms with van der Waals surface area (Å²) >= 11 is 1.06. The summed E-state index contributed by atoms with van der Waals surface area (Å²) in [5.41, 5.74) is 11.7. The van der Waals surface area contributed by atoms with E-state index < -0.39 is 34.7 Å². The summed E-state index contributed by atoms with van der Waals surface area (Å²) in [7, 11) is -4.68. The van der Waals surface area contributed by atoms with Crippen LogP contribution in [0.1, 0.15) is 11.3 Å². The molecule has 2 heterocycles. The summed E-state index contributed by atoms with van der Waals surface area (Å²) in [6.45, 7) is -0.367. The lowest BCUT2D eigenvalue weighted by atomic mass is 10.1. The maximum Gasteiger partial charge on any atom is 0.362 e. The Labute approximate surface area is 197 Å². The molecule has 0 aliphatic carbocycles. The van der Waals surface area contributed by atoms with Gasteiger partial charge in [0.2, 0.25) is 0 Å². The molecule has 16 heteroatoms. The smallest absolute Gasteiger partial charge is 0.362 e. The highest BCUT2D eigenvalue weighted by Gasteiger charge is 2.45. The topological polar surface area (TPSA) is 223 Å². The van der Waals surface area contributed by atoms with Crippen molar-refractivity contribution in [3.8, 4) is 5.75 Å². The van der Waals surface area contributed by atoms with E-state index >= 15 is 0 Å². The van der Waals surface area contributed by atoms with Crippen LogP contribution in [0.3, 0.4) is 0 Å². The minimum Gasteiger partial charge on any atom is -0.490 e. The number of nitrogens with two attached hydrogens (primary N) is 2. The second-order valence-electron chi connectivity index (χ2n) is 6.91. The number of carbonyl (C=O) groups excluding carboxylic acids is 2. The van der Waals surface area contributed by atoms with Gasteiger partial charge in [-0.2, -0.15) is 8.42 Å². The van der Waals surface area contributed by atoms with Crippen LogP contribution in [0, 0.1) is 5.41 Å². The number of amidine groups is 1. The average molecular weight is 512 g/mol. The van der Waals surface area contributed by atoms with Crippen LogP contribution in [0.5, 0.6) is 5.75 Å². The van der Waals surface area contributed by atoms with Gasteiger partial charge in [0, 0.05) is 11.8 Å². The summed E-state index contributed by atoms with van der Waals surface area (Å²) in [5, 5.41) is 15.0. The van der Waals surface area contributed by atoms with E-state index in [1.165, 1.54) is 5.38 Å². The van der Waals surface area contributed by atoms with Gasteiger partial charge in [0.25, 0.3) is 11.8 Å². The molecule has 0 unspecified atom stereocenters. The van der Waals surface area contributed by atoms with Gasteiger partial charge < -0.3 is 26.4 Å². The first kappa shape index (κ1) is 24.9. The third kappa shape index (κ3) is 6.40. The number of oxime groups is 1. The van der Waals surface area contributed by atoms with Crippen LogP contribution >= 0.6 is 11.3 Å². The maximum absolute atomic E-state index is 12.6. The second kappa shape index (κ2) is 10.4. The number of benzene rings is 1. The Morgan fingerprint density at radius 1 is 1.35 bits per heavy atom. The van der Waals surface area contributed by atoms with Crippen molar-refractivity contribution in [2.45, 2.75) is 12.5 Å². The Morgan fingerprint density at radius 3 is 2.62 bits per heavy atom. The zero-order valence-corrected chi connectivity index (χ0v) is 19.1. The minimum absolute atomic E-state index is 0.0372. The molecule has 1 aliphatic heterocycles. The van der Waals surface area contributed by atoms with Gasteiger partial charge >= 0.3 is 10.3 Å². The van der Waals surface area contributed by atoms with Crippen molar-refractivity contribution in [3.63, 3.8) is 0 Å². The number of nitrogen functional groups attached to an aromatic ring is 1. The largest absolute Gasteiger partial charge is 0.490 e. The van der Waals surface area contributed by atoms with Crippen molar-refractivity contribution in [1.29, 1.82) is 5.41 Å². The second-order valence-corrected chi connectivity index (χ2v) is 9.14. The Balaban J connectivity index is 1.56. The van der Waals surface area contributed by atoms with E-state index in [9.17, 15) is 18.0 Å². The molecule has 2 aromatic rings. The Bertz CT molecular complexity index is 1210. The summed E-state index contributed by atoms with van der Waals surface area (Å²) < 4.78 is 36.7. The highest BCUT2D eigenvalue weighted by atomic mass is 32.2. The average Bonchev–Trinajstić information content (AvgIpc) is 3.18. The number of carbonyl (C=O) groups is 2. The van der Waals surface area contributed by atoms with Crippen LogP contribution in [0.15, 0.2) is 34.8 Å². The van der Waals surface area contributed by atoms with Gasteiger partial charge in [-0.15, -0.1) is 11.3 Å². The number of hydrogen-bond donors (Lipinski definition) is 5. The van der Waals surface area contributed by atoms with E-state index in [0.717, 1.165) is 16.9 Å². The highest BCUT2D eigenvalue weighted by Crippen LogP contribution is 2.16. The molecule has 1 saturated heterocycles. The van der Waals surface area contributed by atoms with E-state index in [-0.39, 0.29) is 39.9 Å². The minimum atomic E-state index is -4.68. The summed E-state index contributed by atoms with van der Waals surface area (Å²) in [6, 6.07) is 5.81. The number of anilines is 1. The Kier molecular flexibility index (Phi) is 7.64. The molecule has 0 bridgehead atoms. The normalized spacial score (nSPS) is 16.0. The molecule has 1 fully saturated rings. The number of rotatable bonds is 11. The summed E-state index contributed by atoms with van der Waals surface area (Å²) in [6.07, 6.45) is 0.338. The molecule has 0 radical (unpaired) electrons. The molecule has 1 aromatic heterocycles. The SMILES string of the molecule is N=C(N)Cc1ccc(OCCO/N=C(\C(=O)N[C@H]2CN(S(=O)(=O)O)C2=O)c2csc(N)n2)cc1. The predicted octanol–water partition coefficient (Wildman–Crippen LogP) is -0.867.